The molecule has 0 radical (unpaired) electrons. The van der Waals surface area contributed by atoms with Gasteiger partial charge in [-0.25, -0.2) is 4.79 Å². The van der Waals surface area contributed by atoms with Crippen LogP contribution in [0.4, 0.5) is 0 Å². The van der Waals surface area contributed by atoms with Gasteiger partial charge in [-0.05, 0) is 43.3 Å². The minimum atomic E-state index is -0.638. The fraction of sp³-hybridized carbons (Fsp3) is 0.0476. The summed E-state index contributed by atoms with van der Waals surface area (Å²) in [6.07, 6.45) is 0. The van der Waals surface area contributed by atoms with Crippen molar-refractivity contribution in [3.05, 3.63) is 81.7 Å². The van der Waals surface area contributed by atoms with Crippen LogP contribution in [0.3, 0.4) is 0 Å². The van der Waals surface area contributed by atoms with Gasteiger partial charge < -0.3 is 14.6 Å². The highest BCUT2D eigenvalue weighted by molar-refractivity contribution is 6.14. The Morgan fingerprint density at radius 3 is 2.54 bits per heavy atom. The molecule has 0 aliphatic rings. The molecule has 0 saturated carbocycles. The number of aryl methyl sites for hydroxylation is 1. The maximum Gasteiger partial charge on any atom is 0.347 e. The Labute approximate surface area is 147 Å². The lowest BCUT2D eigenvalue weighted by Crippen LogP contribution is -2.04. The molecule has 0 aliphatic carbocycles. The minimum Gasteiger partial charge on any atom is -0.507 e. The van der Waals surface area contributed by atoms with E-state index in [1.807, 2.05) is 6.92 Å². The molecule has 3 aromatic carbocycles. The van der Waals surface area contributed by atoms with Crippen LogP contribution in [0.25, 0.3) is 21.7 Å². The van der Waals surface area contributed by atoms with Gasteiger partial charge in [0.05, 0.1) is 5.56 Å². The first kappa shape index (κ1) is 15.9. The molecule has 0 fully saturated rings. The van der Waals surface area contributed by atoms with Crippen molar-refractivity contribution in [2.45, 2.75) is 6.92 Å². The number of rotatable bonds is 2. The van der Waals surface area contributed by atoms with E-state index in [1.54, 1.807) is 42.5 Å². The molecule has 5 nitrogen and oxygen atoms in total. The number of phenols is 2. The van der Waals surface area contributed by atoms with Crippen molar-refractivity contribution < 1.29 is 19.4 Å². The highest BCUT2D eigenvalue weighted by atomic mass is 16.4. The molecule has 0 saturated heterocycles. The molecule has 5 heteroatoms. The zero-order valence-corrected chi connectivity index (χ0v) is 13.8. The maximum atomic E-state index is 12.8. The summed E-state index contributed by atoms with van der Waals surface area (Å²) >= 11 is 0. The molecule has 4 rings (SSSR count). The highest BCUT2D eigenvalue weighted by Crippen LogP contribution is 2.30. The lowest BCUT2D eigenvalue weighted by Gasteiger charge is -2.08. The smallest absolute Gasteiger partial charge is 0.347 e. The van der Waals surface area contributed by atoms with Gasteiger partial charge in [0.2, 0.25) is 0 Å². The first-order chi connectivity index (χ1) is 12.5. The average molecular weight is 346 g/mol. The predicted molar refractivity (Wildman–Crippen MR) is 97.9 cm³/mol. The largest absolute Gasteiger partial charge is 0.507 e. The summed E-state index contributed by atoms with van der Waals surface area (Å²) in [5, 5.41) is 21.1. The molecule has 0 amide bonds. The van der Waals surface area contributed by atoms with Crippen molar-refractivity contribution >= 4 is 27.5 Å². The first-order valence-electron chi connectivity index (χ1n) is 7.98. The summed E-state index contributed by atoms with van der Waals surface area (Å²) in [7, 11) is 0. The Balaban J connectivity index is 1.98. The molecule has 4 aromatic rings. The van der Waals surface area contributed by atoms with Gasteiger partial charge in [-0.1, -0.05) is 23.8 Å². The molecule has 0 bridgehead atoms. The Morgan fingerprint density at radius 1 is 0.923 bits per heavy atom. The summed E-state index contributed by atoms with van der Waals surface area (Å²) in [4.78, 5) is 24.9. The van der Waals surface area contributed by atoms with Crippen molar-refractivity contribution in [1.29, 1.82) is 0 Å². The van der Waals surface area contributed by atoms with Crippen molar-refractivity contribution in [3.63, 3.8) is 0 Å². The number of phenolic OH excluding ortho intramolecular Hbond substituents is 2. The van der Waals surface area contributed by atoms with E-state index in [0.29, 0.717) is 21.9 Å². The van der Waals surface area contributed by atoms with Gasteiger partial charge in [0.1, 0.15) is 22.5 Å². The summed E-state index contributed by atoms with van der Waals surface area (Å²) < 4.78 is 5.26. The maximum absolute atomic E-state index is 12.8. The van der Waals surface area contributed by atoms with E-state index in [9.17, 15) is 19.8 Å². The molecule has 0 aliphatic heterocycles. The number of benzene rings is 3. The molecule has 128 valence electrons. The van der Waals surface area contributed by atoms with Gasteiger partial charge >= 0.3 is 5.63 Å². The number of carbonyl (C=O) groups excluding carboxylic acids is 1. The number of ketones is 1. The van der Waals surface area contributed by atoms with Crippen LogP contribution in [0, 0.1) is 6.92 Å². The van der Waals surface area contributed by atoms with Crippen LogP contribution in [0.15, 0.2) is 63.8 Å². The monoisotopic (exact) mass is 346 g/mol. The molecule has 0 unspecified atom stereocenters. The van der Waals surface area contributed by atoms with Crippen LogP contribution >= 0.6 is 0 Å². The summed E-state index contributed by atoms with van der Waals surface area (Å²) in [6.45, 7) is 1.83. The van der Waals surface area contributed by atoms with E-state index in [4.69, 9.17) is 4.42 Å². The van der Waals surface area contributed by atoms with Crippen LogP contribution in [0.5, 0.6) is 11.5 Å². The summed E-state index contributed by atoms with van der Waals surface area (Å²) in [6, 6.07) is 14.2. The quantitative estimate of drug-likeness (QED) is 0.326. The number of hydrogen-bond donors (Lipinski definition) is 2. The van der Waals surface area contributed by atoms with Crippen LogP contribution in [-0.4, -0.2) is 16.0 Å². The van der Waals surface area contributed by atoms with Gasteiger partial charge in [0.25, 0.3) is 0 Å². The van der Waals surface area contributed by atoms with Crippen LogP contribution in [0.2, 0.25) is 0 Å². The molecule has 1 aromatic heterocycles. The SMILES string of the molecule is Cc1ccc(O)c(C(=O)c2ccc3oc(=O)c4c(O)cccc4c3c2)c1. The van der Waals surface area contributed by atoms with Gasteiger partial charge in [-0.2, -0.15) is 0 Å². The van der Waals surface area contributed by atoms with Crippen LogP contribution in [-0.2, 0) is 0 Å². The molecular weight excluding hydrogens is 332 g/mol. The third-order valence-corrected chi connectivity index (χ3v) is 4.38. The second kappa shape index (κ2) is 5.74. The van der Waals surface area contributed by atoms with E-state index >= 15 is 0 Å². The average Bonchev–Trinajstić information content (AvgIpc) is 2.63. The van der Waals surface area contributed by atoms with Gasteiger partial charge in [-0.3, -0.25) is 4.79 Å². The van der Waals surface area contributed by atoms with Crippen molar-refractivity contribution in [1.82, 2.24) is 0 Å². The fourth-order valence-corrected chi connectivity index (χ4v) is 3.09. The van der Waals surface area contributed by atoms with Crippen LogP contribution < -0.4 is 5.63 Å². The summed E-state index contributed by atoms with van der Waals surface area (Å²) in [5.41, 5.74) is 1.08. The van der Waals surface area contributed by atoms with Crippen molar-refractivity contribution in [2.24, 2.45) is 0 Å². The predicted octanol–water partition coefficient (Wildman–Crippen LogP) is 3.90. The Hall–Kier alpha value is -3.60. The van der Waals surface area contributed by atoms with Crippen molar-refractivity contribution in [3.8, 4) is 11.5 Å². The van der Waals surface area contributed by atoms with E-state index < -0.39 is 5.63 Å². The fourth-order valence-electron chi connectivity index (χ4n) is 3.09. The number of fused-ring (bicyclic) bond motifs is 3. The zero-order chi connectivity index (χ0) is 18.4. The molecular formula is C21H14O5. The summed E-state index contributed by atoms with van der Waals surface area (Å²) in [5.74, 6) is -0.610. The third kappa shape index (κ3) is 2.41. The second-order valence-electron chi connectivity index (χ2n) is 6.15. The van der Waals surface area contributed by atoms with E-state index in [1.165, 1.54) is 12.1 Å². The van der Waals surface area contributed by atoms with Gasteiger partial charge in [0.15, 0.2) is 5.78 Å². The lowest BCUT2D eigenvalue weighted by molar-refractivity contribution is 0.103. The number of aromatic hydroxyl groups is 2. The Morgan fingerprint density at radius 2 is 1.73 bits per heavy atom. The molecule has 26 heavy (non-hydrogen) atoms. The van der Waals surface area contributed by atoms with Crippen molar-refractivity contribution in [2.75, 3.05) is 0 Å². The molecule has 1 heterocycles. The number of hydrogen-bond acceptors (Lipinski definition) is 5. The lowest BCUT2D eigenvalue weighted by atomic mass is 9.98. The third-order valence-electron chi connectivity index (χ3n) is 4.38. The number of carbonyl (C=O) groups is 1. The Kier molecular flexibility index (Phi) is 3.51. The minimum absolute atomic E-state index is 0.0722. The first-order valence-corrected chi connectivity index (χ1v) is 7.98. The van der Waals surface area contributed by atoms with Crippen LogP contribution in [0.1, 0.15) is 21.5 Å². The topological polar surface area (TPSA) is 87.7 Å². The molecule has 2 N–H and O–H groups in total. The second-order valence-corrected chi connectivity index (χ2v) is 6.15. The van der Waals surface area contributed by atoms with E-state index in [2.05, 4.69) is 0 Å². The zero-order valence-electron chi connectivity index (χ0n) is 13.8. The normalized spacial score (nSPS) is 11.1. The van der Waals surface area contributed by atoms with Gasteiger partial charge in [-0.15, -0.1) is 0 Å². The highest BCUT2D eigenvalue weighted by Gasteiger charge is 2.17. The molecule has 0 atom stereocenters. The van der Waals surface area contributed by atoms with E-state index in [0.717, 1.165) is 5.56 Å². The standard InChI is InChI=1S/C21H14O5/c1-11-5-7-16(22)15(9-11)20(24)12-6-8-18-14(10-12)13-3-2-4-17(23)19(13)21(25)26-18/h2-10,22-23H,1H3. The molecule has 0 spiro atoms. The van der Waals surface area contributed by atoms with E-state index in [-0.39, 0.29) is 28.2 Å². The Bertz CT molecular complexity index is 1250. The van der Waals surface area contributed by atoms with Gasteiger partial charge in [0, 0.05) is 16.3 Å².